The highest BCUT2D eigenvalue weighted by Crippen LogP contribution is 2.18. The van der Waals surface area contributed by atoms with Crippen LogP contribution in [0.1, 0.15) is 43.8 Å². The summed E-state index contributed by atoms with van der Waals surface area (Å²) in [7, 11) is -2.45. The minimum Gasteiger partial charge on any atom is -0.438 e. The zero-order valence-electron chi connectivity index (χ0n) is 17.3. The molecule has 8 nitrogen and oxygen atoms in total. The van der Waals surface area contributed by atoms with Crippen LogP contribution < -0.4 is 10.0 Å². The number of hydrogen-bond donors (Lipinski definition) is 2. The van der Waals surface area contributed by atoms with Gasteiger partial charge in [-0.2, -0.15) is 0 Å². The number of nitrogens with one attached hydrogen (secondary N) is 2. The third-order valence-corrected chi connectivity index (χ3v) is 5.53. The molecule has 0 aliphatic carbocycles. The maximum absolute atomic E-state index is 12.5. The first-order valence-electron chi connectivity index (χ1n) is 9.20. The molecule has 1 heterocycles. The van der Waals surface area contributed by atoms with Crippen molar-refractivity contribution in [1.82, 2.24) is 9.62 Å². The number of aryl methyl sites for hydroxylation is 1. The normalized spacial score (nSPS) is 11.9. The number of para-hydroxylation sites is 1. The van der Waals surface area contributed by atoms with Crippen molar-refractivity contribution >= 4 is 27.5 Å². The van der Waals surface area contributed by atoms with Gasteiger partial charge in [-0.3, -0.25) is 9.59 Å². The van der Waals surface area contributed by atoms with Gasteiger partial charge in [0.1, 0.15) is 0 Å². The Kier molecular flexibility index (Phi) is 6.86. The standard InChI is InChI=1S/C20H27N3O5S/c1-6-14-9-7-8-10-15(14)21-17(24)13-23(5)19(25)16-11-12-18(28-16)29(26,27)22-20(2,3)4/h7-12,22H,6,13H2,1-5H3,(H,21,24). The number of furan rings is 1. The number of rotatable bonds is 7. The average molecular weight is 422 g/mol. The molecule has 9 heteroatoms. The molecule has 0 saturated carbocycles. The lowest BCUT2D eigenvalue weighted by molar-refractivity contribution is -0.116. The molecule has 1 aromatic heterocycles. The summed E-state index contributed by atoms with van der Waals surface area (Å²) in [6.45, 7) is 6.87. The first-order chi connectivity index (χ1) is 13.4. The number of anilines is 1. The van der Waals surface area contributed by atoms with E-state index in [0.717, 1.165) is 16.9 Å². The Bertz CT molecular complexity index is 990. The second-order valence-corrected chi connectivity index (χ2v) is 9.31. The molecule has 2 amide bonds. The summed E-state index contributed by atoms with van der Waals surface area (Å²) in [4.78, 5) is 26.0. The Morgan fingerprint density at radius 1 is 1.10 bits per heavy atom. The molecule has 0 fully saturated rings. The summed E-state index contributed by atoms with van der Waals surface area (Å²) in [5, 5.41) is 2.43. The highest BCUT2D eigenvalue weighted by Gasteiger charge is 2.27. The molecule has 0 aliphatic heterocycles. The molecule has 0 saturated heterocycles. The van der Waals surface area contributed by atoms with E-state index in [1.807, 2.05) is 25.1 Å². The number of carbonyl (C=O) groups is 2. The predicted molar refractivity (Wildman–Crippen MR) is 110 cm³/mol. The molecule has 1 aromatic carbocycles. The number of nitrogens with zero attached hydrogens (tertiary/aromatic N) is 1. The van der Waals surface area contributed by atoms with E-state index in [9.17, 15) is 18.0 Å². The summed E-state index contributed by atoms with van der Waals surface area (Å²) >= 11 is 0. The molecule has 2 rings (SSSR count). The molecule has 0 unspecified atom stereocenters. The van der Waals surface area contributed by atoms with Gasteiger partial charge >= 0.3 is 0 Å². The van der Waals surface area contributed by atoms with Crippen molar-refractivity contribution in [2.45, 2.75) is 44.7 Å². The van der Waals surface area contributed by atoms with Crippen molar-refractivity contribution in [3.05, 3.63) is 47.7 Å². The van der Waals surface area contributed by atoms with Crippen LogP contribution in [0.25, 0.3) is 0 Å². The van der Waals surface area contributed by atoms with E-state index in [1.165, 1.54) is 19.2 Å². The highest BCUT2D eigenvalue weighted by molar-refractivity contribution is 7.89. The van der Waals surface area contributed by atoms with Crippen LogP contribution in [0.4, 0.5) is 5.69 Å². The summed E-state index contributed by atoms with van der Waals surface area (Å²) in [6.07, 6.45) is 0.761. The van der Waals surface area contributed by atoms with Crippen molar-refractivity contribution < 1.29 is 22.4 Å². The van der Waals surface area contributed by atoms with Gasteiger partial charge in [-0.1, -0.05) is 25.1 Å². The van der Waals surface area contributed by atoms with Gasteiger partial charge in [-0.15, -0.1) is 0 Å². The summed E-state index contributed by atoms with van der Waals surface area (Å²) in [6, 6.07) is 9.92. The van der Waals surface area contributed by atoms with Gasteiger partial charge in [0.05, 0.1) is 6.54 Å². The van der Waals surface area contributed by atoms with Gasteiger partial charge in [0.25, 0.3) is 15.9 Å². The topological polar surface area (TPSA) is 109 Å². The quantitative estimate of drug-likeness (QED) is 0.714. The van der Waals surface area contributed by atoms with E-state index in [-0.39, 0.29) is 23.3 Å². The van der Waals surface area contributed by atoms with Crippen molar-refractivity contribution in [3.8, 4) is 0 Å². The lowest BCUT2D eigenvalue weighted by Crippen LogP contribution is -2.40. The maximum atomic E-state index is 12.5. The van der Waals surface area contributed by atoms with Crippen molar-refractivity contribution in [3.63, 3.8) is 0 Å². The van der Waals surface area contributed by atoms with Crippen LogP contribution in [0, 0.1) is 0 Å². The van der Waals surface area contributed by atoms with E-state index in [2.05, 4.69) is 10.0 Å². The fourth-order valence-corrected chi connectivity index (χ4v) is 4.00. The number of likely N-dealkylation sites (N-methyl/N-ethyl adjacent to an activating group) is 1. The fourth-order valence-electron chi connectivity index (χ4n) is 2.65. The molecule has 2 N–H and O–H groups in total. The van der Waals surface area contributed by atoms with Gasteiger partial charge in [0.2, 0.25) is 11.0 Å². The maximum Gasteiger partial charge on any atom is 0.289 e. The van der Waals surface area contributed by atoms with Gasteiger partial charge in [-0.25, -0.2) is 13.1 Å². The fraction of sp³-hybridized carbons (Fsp3) is 0.400. The second kappa shape index (κ2) is 8.79. The zero-order valence-corrected chi connectivity index (χ0v) is 18.1. The number of hydrogen-bond acceptors (Lipinski definition) is 5. The molecule has 0 atom stereocenters. The van der Waals surface area contributed by atoms with Crippen LogP contribution in [-0.2, 0) is 21.2 Å². The van der Waals surface area contributed by atoms with Gasteiger partial charge in [0.15, 0.2) is 5.76 Å². The Labute approximate surface area is 171 Å². The van der Waals surface area contributed by atoms with E-state index in [1.54, 1.807) is 26.8 Å². The van der Waals surface area contributed by atoms with Crippen LogP contribution in [0.3, 0.4) is 0 Å². The van der Waals surface area contributed by atoms with Crippen LogP contribution in [-0.4, -0.2) is 44.3 Å². The predicted octanol–water partition coefficient (Wildman–Crippen LogP) is 2.63. The first kappa shape index (κ1) is 22.6. The number of benzene rings is 1. The van der Waals surface area contributed by atoms with Crippen LogP contribution in [0.5, 0.6) is 0 Å². The van der Waals surface area contributed by atoms with E-state index in [4.69, 9.17) is 4.42 Å². The largest absolute Gasteiger partial charge is 0.438 e. The minimum atomic E-state index is -3.89. The molecule has 158 valence electrons. The highest BCUT2D eigenvalue weighted by atomic mass is 32.2. The molecule has 29 heavy (non-hydrogen) atoms. The Balaban J connectivity index is 2.05. The van der Waals surface area contributed by atoms with Crippen LogP contribution >= 0.6 is 0 Å². The van der Waals surface area contributed by atoms with Gasteiger partial charge in [-0.05, 0) is 51.0 Å². The summed E-state index contributed by atoms with van der Waals surface area (Å²) < 4.78 is 32.3. The molecule has 0 radical (unpaired) electrons. The summed E-state index contributed by atoms with van der Waals surface area (Å²) in [5.41, 5.74) is 0.988. The number of amides is 2. The Morgan fingerprint density at radius 3 is 2.38 bits per heavy atom. The van der Waals surface area contributed by atoms with Gasteiger partial charge in [0, 0.05) is 18.3 Å². The lowest BCUT2D eigenvalue weighted by atomic mass is 10.1. The van der Waals surface area contributed by atoms with E-state index < -0.39 is 21.5 Å². The monoisotopic (exact) mass is 421 g/mol. The Morgan fingerprint density at radius 2 is 1.76 bits per heavy atom. The van der Waals surface area contributed by atoms with E-state index in [0.29, 0.717) is 5.69 Å². The van der Waals surface area contributed by atoms with Crippen molar-refractivity contribution in [1.29, 1.82) is 0 Å². The average Bonchev–Trinajstić information content (AvgIpc) is 3.10. The van der Waals surface area contributed by atoms with Crippen LogP contribution in [0.2, 0.25) is 0 Å². The Hall–Kier alpha value is -2.65. The third-order valence-electron chi connectivity index (χ3n) is 3.90. The molecule has 0 aliphatic rings. The molecular weight excluding hydrogens is 394 g/mol. The first-order valence-corrected chi connectivity index (χ1v) is 10.7. The van der Waals surface area contributed by atoms with Crippen molar-refractivity contribution in [2.75, 3.05) is 18.9 Å². The minimum absolute atomic E-state index is 0.163. The molecule has 2 aromatic rings. The SMILES string of the molecule is CCc1ccccc1NC(=O)CN(C)C(=O)c1ccc(S(=O)(=O)NC(C)(C)C)o1. The molecule has 0 bridgehead atoms. The van der Waals surface area contributed by atoms with Crippen molar-refractivity contribution in [2.24, 2.45) is 0 Å². The third kappa shape index (κ3) is 6.16. The molecular formula is C20H27N3O5S. The van der Waals surface area contributed by atoms with Gasteiger partial charge < -0.3 is 14.6 Å². The smallest absolute Gasteiger partial charge is 0.289 e. The zero-order chi connectivity index (χ0) is 21.8. The van der Waals surface area contributed by atoms with Crippen LogP contribution in [0.15, 0.2) is 45.9 Å². The van der Waals surface area contributed by atoms with E-state index >= 15 is 0 Å². The number of carbonyl (C=O) groups excluding carboxylic acids is 2. The second-order valence-electron chi connectivity index (χ2n) is 7.69. The lowest BCUT2D eigenvalue weighted by Gasteiger charge is -2.19. The summed E-state index contributed by atoms with van der Waals surface area (Å²) in [5.74, 6) is -1.12. The number of sulfonamides is 1. The molecule has 0 spiro atoms.